The van der Waals surface area contributed by atoms with E-state index >= 15 is 0 Å². The first-order valence-electron chi connectivity index (χ1n) is 9.23. The number of hydrogen-bond donors (Lipinski definition) is 1. The molecule has 0 atom stereocenters. The number of likely N-dealkylation sites (tertiary alicyclic amines) is 1. The molecule has 0 bridgehead atoms. The Bertz CT molecular complexity index is 1060. The standard InChI is InChI=1S/C21H18ClN3O4/c1-24-19(27)14-6-4-12(10-15(14)20(24)28)18(26)23-17-7-5-13(22)11-16(17)21(29)25-8-2-3-9-25/h4-7,10-11H,2-3,8-9H2,1H3,(H,23,26). The Hall–Kier alpha value is -3.19. The number of imide groups is 1. The van der Waals surface area contributed by atoms with E-state index in [1.165, 1.54) is 31.3 Å². The van der Waals surface area contributed by atoms with Crippen LogP contribution in [0.3, 0.4) is 0 Å². The summed E-state index contributed by atoms with van der Waals surface area (Å²) in [5.74, 6) is -1.51. The number of hydrogen-bond acceptors (Lipinski definition) is 4. The number of fused-ring (bicyclic) bond motifs is 1. The highest BCUT2D eigenvalue weighted by molar-refractivity contribution is 6.31. The molecule has 148 valence electrons. The lowest BCUT2D eigenvalue weighted by molar-refractivity contribution is 0.0691. The number of carbonyl (C=O) groups is 4. The molecule has 7 nitrogen and oxygen atoms in total. The van der Waals surface area contributed by atoms with Gasteiger partial charge in [-0.2, -0.15) is 0 Å². The molecule has 1 fully saturated rings. The summed E-state index contributed by atoms with van der Waals surface area (Å²) in [6.07, 6.45) is 1.90. The molecule has 0 saturated carbocycles. The molecule has 0 radical (unpaired) electrons. The molecule has 2 aromatic carbocycles. The number of benzene rings is 2. The zero-order valence-corrected chi connectivity index (χ0v) is 16.5. The summed E-state index contributed by atoms with van der Waals surface area (Å²) in [6, 6.07) is 9.06. The minimum atomic E-state index is -0.486. The van der Waals surface area contributed by atoms with E-state index in [0.717, 1.165) is 17.7 Å². The van der Waals surface area contributed by atoms with E-state index < -0.39 is 17.7 Å². The highest BCUT2D eigenvalue weighted by Crippen LogP contribution is 2.26. The van der Waals surface area contributed by atoms with Crippen LogP contribution in [0, 0.1) is 0 Å². The van der Waals surface area contributed by atoms with E-state index in [1.54, 1.807) is 17.0 Å². The number of nitrogens with zero attached hydrogens (tertiary/aromatic N) is 2. The Kier molecular flexibility index (Phi) is 4.84. The van der Waals surface area contributed by atoms with Gasteiger partial charge in [-0.25, -0.2) is 0 Å². The van der Waals surface area contributed by atoms with E-state index in [2.05, 4.69) is 5.32 Å². The van der Waals surface area contributed by atoms with Gasteiger partial charge in [0.1, 0.15) is 0 Å². The predicted molar refractivity (Wildman–Crippen MR) is 107 cm³/mol. The number of carbonyl (C=O) groups excluding carboxylic acids is 4. The molecular formula is C21H18ClN3O4. The van der Waals surface area contributed by atoms with Gasteiger partial charge in [0.15, 0.2) is 0 Å². The third-order valence-corrected chi connectivity index (χ3v) is 5.44. The van der Waals surface area contributed by atoms with E-state index in [4.69, 9.17) is 11.6 Å². The molecular weight excluding hydrogens is 394 g/mol. The molecule has 2 aromatic rings. The van der Waals surface area contributed by atoms with Crippen LogP contribution in [0.25, 0.3) is 0 Å². The number of rotatable bonds is 3. The fourth-order valence-corrected chi connectivity index (χ4v) is 3.76. The molecule has 0 unspecified atom stereocenters. The molecule has 0 spiro atoms. The van der Waals surface area contributed by atoms with Crippen molar-refractivity contribution in [3.05, 3.63) is 63.7 Å². The Labute approximate surface area is 172 Å². The van der Waals surface area contributed by atoms with E-state index in [-0.39, 0.29) is 22.6 Å². The number of anilines is 1. The van der Waals surface area contributed by atoms with Gasteiger partial charge in [-0.1, -0.05) is 11.6 Å². The lowest BCUT2D eigenvalue weighted by Gasteiger charge is -2.18. The summed E-state index contributed by atoms with van der Waals surface area (Å²) < 4.78 is 0. The molecule has 2 aliphatic rings. The van der Waals surface area contributed by atoms with Gasteiger partial charge >= 0.3 is 0 Å². The van der Waals surface area contributed by atoms with E-state index in [1.807, 2.05) is 0 Å². The highest BCUT2D eigenvalue weighted by atomic mass is 35.5. The largest absolute Gasteiger partial charge is 0.339 e. The Morgan fingerprint density at radius 3 is 2.38 bits per heavy atom. The molecule has 1 N–H and O–H groups in total. The lowest BCUT2D eigenvalue weighted by Crippen LogP contribution is -2.29. The molecule has 1 saturated heterocycles. The van der Waals surface area contributed by atoms with Gasteiger partial charge in [0, 0.05) is 30.7 Å². The van der Waals surface area contributed by atoms with Gasteiger partial charge in [0.25, 0.3) is 23.6 Å². The first kappa shape index (κ1) is 19.1. The van der Waals surface area contributed by atoms with Crippen molar-refractivity contribution in [3.63, 3.8) is 0 Å². The topological polar surface area (TPSA) is 86.8 Å². The summed E-state index contributed by atoms with van der Waals surface area (Å²) in [6.45, 7) is 1.35. The maximum absolute atomic E-state index is 12.8. The Morgan fingerprint density at radius 1 is 0.966 bits per heavy atom. The van der Waals surface area contributed by atoms with Crippen molar-refractivity contribution in [2.24, 2.45) is 0 Å². The maximum atomic E-state index is 12.8. The van der Waals surface area contributed by atoms with Crippen LogP contribution in [-0.4, -0.2) is 53.6 Å². The first-order valence-corrected chi connectivity index (χ1v) is 9.61. The first-order chi connectivity index (χ1) is 13.9. The summed E-state index contributed by atoms with van der Waals surface area (Å²) in [5.41, 5.74) is 1.34. The maximum Gasteiger partial charge on any atom is 0.261 e. The zero-order chi connectivity index (χ0) is 20.7. The average Bonchev–Trinajstić information content (AvgIpc) is 3.33. The van der Waals surface area contributed by atoms with Crippen LogP contribution in [-0.2, 0) is 0 Å². The van der Waals surface area contributed by atoms with Crippen LogP contribution in [0.1, 0.15) is 54.3 Å². The summed E-state index contributed by atoms with van der Waals surface area (Å²) in [7, 11) is 1.40. The van der Waals surface area contributed by atoms with Crippen molar-refractivity contribution in [2.75, 3.05) is 25.5 Å². The van der Waals surface area contributed by atoms with Gasteiger partial charge in [-0.05, 0) is 49.2 Å². The molecule has 4 amide bonds. The van der Waals surface area contributed by atoms with Crippen molar-refractivity contribution >= 4 is 40.9 Å². The second-order valence-electron chi connectivity index (χ2n) is 7.07. The van der Waals surface area contributed by atoms with Crippen LogP contribution >= 0.6 is 11.6 Å². The van der Waals surface area contributed by atoms with Crippen LogP contribution in [0.15, 0.2) is 36.4 Å². The monoisotopic (exact) mass is 411 g/mol. The summed E-state index contributed by atoms with van der Waals surface area (Å²) in [5, 5.41) is 3.13. The minimum absolute atomic E-state index is 0.184. The minimum Gasteiger partial charge on any atom is -0.339 e. The molecule has 0 aliphatic carbocycles. The third kappa shape index (κ3) is 3.38. The quantitative estimate of drug-likeness (QED) is 0.786. The van der Waals surface area contributed by atoms with Crippen LogP contribution in [0.5, 0.6) is 0 Å². The van der Waals surface area contributed by atoms with Crippen molar-refractivity contribution in [3.8, 4) is 0 Å². The zero-order valence-electron chi connectivity index (χ0n) is 15.7. The number of halogens is 1. The lowest BCUT2D eigenvalue weighted by atomic mass is 10.0. The predicted octanol–water partition coefficient (Wildman–Crippen LogP) is 3.05. The fourth-order valence-electron chi connectivity index (χ4n) is 3.59. The van der Waals surface area contributed by atoms with Gasteiger partial charge in [-0.15, -0.1) is 0 Å². The molecule has 8 heteroatoms. The van der Waals surface area contributed by atoms with E-state index in [9.17, 15) is 19.2 Å². The Morgan fingerprint density at radius 2 is 1.66 bits per heavy atom. The van der Waals surface area contributed by atoms with Crippen LogP contribution in [0.2, 0.25) is 5.02 Å². The Balaban J connectivity index is 1.62. The smallest absolute Gasteiger partial charge is 0.261 e. The summed E-state index contributed by atoms with van der Waals surface area (Å²) in [4.78, 5) is 52.5. The number of nitrogens with one attached hydrogen (secondary N) is 1. The van der Waals surface area contributed by atoms with Crippen LogP contribution < -0.4 is 5.32 Å². The molecule has 4 rings (SSSR count). The number of amides is 4. The normalized spacial score (nSPS) is 15.7. The second-order valence-corrected chi connectivity index (χ2v) is 7.51. The van der Waals surface area contributed by atoms with Crippen molar-refractivity contribution < 1.29 is 19.2 Å². The molecule has 2 aliphatic heterocycles. The SMILES string of the molecule is CN1C(=O)c2ccc(C(=O)Nc3ccc(Cl)cc3C(=O)N3CCCC3)cc2C1=O. The molecule has 29 heavy (non-hydrogen) atoms. The molecule has 0 aromatic heterocycles. The van der Waals surface area contributed by atoms with Gasteiger partial charge in [0.05, 0.1) is 22.4 Å². The van der Waals surface area contributed by atoms with Gasteiger partial charge in [-0.3, -0.25) is 24.1 Å². The molecule has 2 heterocycles. The van der Waals surface area contributed by atoms with Crippen molar-refractivity contribution in [1.82, 2.24) is 9.80 Å². The second kappa shape index (κ2) is 7.33. The van der Waals surface area contributed by atoms with Crippen molar-refractivity contribution in [2.45, 2.75) is 12.8 Å². The summed E-state index contributed by atoms with van der Waals surface area (Å²) >= 11 is 6.07. The third-order valence-electron chi connectivity index (χ3n) is 5.21. The fraction of sp³-hybridized carbons (Fsp3) is 0.238. The van der Waals surface area contributed by atoms with Gasteiger partial charge < -0.3 is 10.2 Å². The van der Waals surface area contributed by atoms with Crippen LogP contribution in [0.4, 0.5) is 5.69 Å². The highest BCUT2D eigenvalue weighted by Gasteiger charge is 2.33. The van der Waals surface area contributed by atoms with E-state index in [0.29, 0.717) is 29.4 Å². The average molecular weight is 412 g/mol. The van der Waals surface area contributed by atoms with Gasteiger partial charge in [0.2, 0.25) is 0 Å². The van der Waals surface area contributed by atoms with Crippen molar-refractivity contribution in [1.29, 1.82) is 0 Å².